The first-order chi connectivity index (χ1) is 10.2. The minimum Gasteiger partial charge on any atom is -0.497 e. The number of carbonyl (C=O) groups excluding carboxylic acids is 1. The molecular formula is C17H14N2O2. The molecule has 1 heterocycles. The van der Waals surface area contributed by atoms with E-state index < -0.39 is 5.41 Å². The van der Waals surface area contributed by atoms with Crippen LogP contribution in [0.3, 0.4) is 0 Å². The number of ether oxygens (including phenoxy) is 1. The smallest absolute Gasteiger partial charge is 0.240 e. The van der Waals surface area contributed by atoms with Crippen LogP contribution in [0.25, 0.3) is 0 Å². The Bertz CT molecular complexity index is 734. The van der Waals surface area contributed by atoms with Crippen LogP contribution in [0.5, 0.6) is 5.75 Å². The molecule has 0 saturated carbocycles. The highest BCUT2D eigenvalue weighted by atomic mass is 16.5. The molecule has 0 aliphatic carbocycles. The van der Waals surface area contributed by atoms with Gasteiger partial charge in [-0.05, 0) is 23.8 Å². The lowest BCUT2D eigenvalue weighted by atomic mass is 9.73. The van der Waals surface area contributed by atoms with Crippen molar-refractivity contribution in [3.05, 3.63) is 59.7 Å². The number of anilines is 1. The van der Waals surface area contributed by atoms with E-state index in [2.05, 4.69) is 11.4 Å². The number of fused-ring (bicyclic) bond motifs is 1. The van der Waals surface area contributed by atoms with Crippen molar-refractivity contribution in [2.45, 2.75) is 11.8 Å². The van der Waals surface area contributed by atoms with Gasteiger partial charge in [0.2, 0.25) is 5.91 Å². The lowest BCUT2D eigenvalue weighted by molar-refractivity contribution is -0.119. The first kappa shape index (κ1) is 13.2. The van der Waals surface area contributed by atoms with Gasteiger partial charge in [-0.1, -0.05) is 30.3 Å². The van der Waals surface area contributed by atoms with E-state index in [1.807, 2.05) is 42.5 Å². The fourth-order valence-electron chi connectivity index (χ4n) is 2.87. The second-order valence-corrected chi connectivity index (χ2v) is 4.97. The Morgan fingerprint density at radius 2 is 2.00 bits per heavy atom. The van der Waals surface area contributed by atoms with Crippen LogP contribution in [-0.4, -0.2) is 13.0 Å². The standard InChI is InChI=1S/C17H14N2O2/c1-21-13-7-8-15-14(11-13)17(9-10-18,16(20)19-15)12-5-3-2-4-6-12/h2-8,11H,9H2,1H3,(H,19,20)/t17-/m1/s1. The number of methoxy groups -OCH3 is 1. The van der Waals surface area contributed by atoms with Crippen LogP contribution in [-0.2, 0) is 10.2 Å². The molecule has 1 aliphatic rings. The van der Waals surface area contributed by atoms with Crippen LogP contribution in [0.15, 0.2) is 48.5 Å². The van der Waals surface area contributed by atoms with Crippen molar-refractivity contribution < 1.29 is 9.53 Å². The average molecular weight is 278 g/mol. The number of benzene rings is 2. The van der Waals surface area contributed by atoms with Crippen molar-refractivity contribution in [1.82, 2.24) is 0 Å². The van der Waals surface area contributed by atoms with Gasteiger partial charge in [0.1, 0.15) is 11.2 Å². The number of nitriles is 1. The minimum absolute atomic E-state index is 0.0863. The molecule has 2 aromatic carbocycles. The van der Waals surface area contributed by atoms with E-state index in [0.717, 1.165) is 16.8 Å². The first-order valence-corrected chi connectivity index (χ1v) is 6.65. The Hall–Kier alpha value is -2.80. The summed E-state index contributed by atoms with van der Waals surface area (Å²) in [6, 6.07) is 17.0. The Morgan fingerprint density at radius 3 is 2.67 bits per heavy atom. The van der Waals surface area contributed by atoms with Crippen molar-refractivity contribution in [2.24, 2.45) is 0 Å². The van der Waals surface area contributed by atoms with E-state index in [0.29, 0.717) is 5.75 Å². The van der Waals surface area contributed by atoms with Crippen LogP contribution in [0.2, 0.25) is 0 Å². The molecule has 0 radical (unpaired) electrons. The molecule has 0 spiro atoms. The van der Waals surface area contributed by atoms with E-state index in [9.17, 15) is 10.1 Å². The Morgan fingerprint density at radius 1 is 1.24 bits per heavy atom. The molecule has 104 valence electrons. The summed E-state index contributed by atoms with van der Waals surface area (Å²) < 4.78 is 5.26. The Kier molecular flexibility index (Phi) is 3.11. The van der Waals surface area contributed by atoms with Gasteiger partial charge in [0.05, 0.1) is 19.6 Å². The molecule has 21 heavy (non-hydrogen) atoms. The molecular weight excluding hydrogens is 264 g/mol. The molecule has 0 fully saturated rings. The third kappa shape index (κ3) is 1.86. The van der Waals surface area contributed by atoms with Crippen molar-refractivity contribution in [3.63, 3.8) is 0 Å². The van der Waals surface area contributed by atoms with Gasteiger partial charge in [-0.25, -0.2) is 0 Å². The summed E-state index contributed by atoms with van der Waals surface area (Å²) in [5, 5.41) is 12.1. The number of nitrogens with zero attached hydrogens (tertiary/aromatic N) is 1. The van der Waals surface area contributed by atoms with Crippen LogP contribution in [0.4, 0.5) is 5.69 Å². The van der Waals surface area contributed by atoms with E-state index in [1.165, 1.54) is 0 Å². The van der Waals surface area contributed by atoms with Gasteiger partial charge in [-0.15, -0.1) is 0 Å². The normalized spacial score (nSPS) is 19.5. The summed E-state index contributed by atoms with van der Waals surface area (Å²) in [7, 11) is 1.58. The molecule has 2 aromatic rings. The molecule has 1 atom stereocenters. The van der Waals surface area contributed by atoms with E-state index in [4.69, 9.17) is 4.74 Å². The molecule has 0 bridgehead atoms. The minimum atomic E-state index is -0.972. The van der Waals surface area contributed by atoms with Gasteiger partial charge >= 0.3 is 0 Å². The van der Waals surface area contributed by atoms with Gasteiger partial charge < -0.3 is 10.1 Å². The molecule has 4 nitrogen and oxygen atoms in total. The molecule has 1 aliphatic heterocycles. The number of rotatable bonds is 3. The second-order valence-electron chi connectivity index (χ2n) is 4.97. The maximum Gasteiger partial charge on any atom is 0.240 e. The average Bonchev–Trinajstić information content (AvgIpc) is 2.81. The monoisotopic (exact) mass is 278 g/mol. The Balaban J connectivity index is 2.27. The Labute approximate surface area is 123 Å². The molecule has 1 amide bonds. The lowest BCUT2D eigenvalue weighted by Gasteiger charge is -2.25. The molecule has 4 heteroatoms. The van der Waals surface area contributed by atoms with Crippen LogP contribution in [0.1, 0.15) is 17.5 Å². The zero-order valence-electron chi connectivity index (χ0n) is 11.6. The summed E-state index contributed by atoms with van der Waals surface area (Å²) in [4.78, 5) is 12.6. The topological polar surface area (TPSA) is 62.1 Å². The van der Waals surface area contributed by atoms with Crippen molar-refractivity contribution in [3.8, 4) is 11.8 Å². The van der Waals surface area contributed by atoms with Crippen LogP contribution < -0.4 is 10.1 Å². The predicted octanol–water partition coefficient (Wildman–Crippen LogP) is 2.85. The molecule has 0 aromatic heterocycles. The SMILES string of the molecule is COc1ccc2c(c1)[C@@](CC#N)(c1ccccc1)C(=O)N2. The highest BCUT2D eigenvalue weighted by Crippen LogP contribution is 2.46. The number of nitrogens with one attached hydrogen (secondary N) is 1. The fourth-order valence-corrected chi connectivity index (χ4v) is 2.87. The van der Waals surface area contributed by atoms with Crippen molar-refractivity contribution in [2.75, 3.05) is 12.4 Å². The van der Waals surface area contributed by atoms with Gasteiger partial charge in [0, 0.05) is 11.3 Å². The van der Waals surface area contributed by atoms with E-state index >= 15 is 0 Å². The third-order valence-corrected chi connectivity index (χ3v) is 3.93. The van der Waals surface area contributed by atoms with Crippen LogP contribution in [0, 0.1) is 11.3 Å². The summed E-state index contributed by atoms with van der Waals surface area (Å²) >= 11 is 0. The van der Waals surface area contributed by atoms with E-state index in [1.54, 1.807) is 13.2 Å². The van der Waals surface area contributed by atoms with Gasteiger partial charge in [-0.2, -0.15) is 5.26 Å². The zero-order chi connectivity index (χ0) is 14.9. The highest BCUT2D eigenvalue weighted by Gasteiger charge is 2.48. The molecule has 1 N–H and O–H groups in total. The molecule has 3 rings (SSSR count). The second kappa shape index (κ2) is 4.95. The molecule has 0 unspecified atom stereocenters. The van der Waals surface area contributed by atoms with Crippen LogP contribution >= 0.6 is 0 Å². The fraction of sp³-hybridized carbons (Fsp3) is 0.176. The van der Waals surface area contributed by atoms with E-state index in [-0.39, 0.29) is 12.3 Å². The first-order valence-electron chi connectivity index (χ1n) is 6.65. The predicted molar refractivity (Wildman–Crippen MR) is 79.1 cm³/mol. The largest absolute Gasteiger partial charge is 0.497 e. The zero-order valence-corrected chi connectivity index (χ0v) is 11.6. The lowest BCUT2D eigenvalue weighted by Crippen LogP contribution is -2.35. The number of hydrogen-bond acceptors (Lipinski definition) is 3. The van der Waals surface area contributed by atoms with Gasteiger partial charge in [-0.3, -0.25) is 4.79 Å². The van der Waals surface area contributed by atoms with Crippen molar-refractivity contribution in [1.29, 1.82) is 5.26 Å². The van der Waals surface area contributed by atoms with Gasteiger partial charge in [0.15, 0.2) is 0 Å². The number of hydrogen-bond donors (Lipinski definition) is 1. The number of amides is 1. The van der Waals surface area contributed by atoms with Gasteiger partial charge in [0.25, 0.3) is 0 Å². The number of carbonyl (C=O) groups is 1. The maximum atomic E-state index is 12.6. The molecule has 0 saturated heterocycles. The summed E-state index contributed by atoms with van der Waals surface area (Å²) in [5.74, 6) is 0.502. The quantitative estimate of drug-likeness (QED) is 0.939. The maximum absolute atomic E-state index is 12.6. The third-order valence-electron chi connectivity index (χ3n) is 3.93. The summed E-state index contributed by atoms with van der Waals surface area (Å²) in [5.41, 5.74) is 1.37. The highest BCUT2D eigenvalue weighted by molar-refractivity contribution is 6.09. The summed E-state index contributed by atoms with van der Waals surface area (Å²) in [6.45, 7) is 0. The summed E-state index contributed by atoms with van der Waals surface area (Å²) in [6.07, 6.45) is 0.0863. The van der Waals surface area contributed by atoms with Crippen molar-refractivity contribution >= 4 is 11.6 Å².